The molecule has 174 valence electrons. The largest absolute Gasteiger partial charge is 0.392 e. The maximum atomic E-state index is 12.9. The summed E-state index contributed by atoms with van der Waals surface area (Å²) in [4.78, 5) is 25.6. The number of rotatable bonds is 6. The summed E-state index contributed by atoms with van der Waals surface area (Å²) in [7, 11) is 0. The molecule has 0 radical (unpaired) electrons. The Morgan fingerprint density at radius 1 is 1.09 bits per heavy atom. The number of benzene rings is 2. The van der Waals surface area contributed by atoms with Gasteiger partial charge >= 0.3 is 0 Å². The SMILES string of the molecule is CC(C)(C)c1ccc(C(=O)Nc2cccc(-c3nc(N)nc(Nc4cn[nH]c4)n3)c2CO)cc1. The number of aliphatic hydroxyl groups excluding tert-OH is 1. The first-order valence-electron chi connectivity index (χ1n) is 10.7. The van der Waals surface area contributed by atoms with E-state index in [0.717, 1.165) is 5.56 Å². The number of aromatic nitrogens is 5. The van der Waals surface area contributed by atoms with E-state index in [2.05, 4.69) is 56.6 Å². The summed E-state index contributed by atoms with van der Waals surface area (Å²) >= 11 is 0. The summed E-state index contributed by atoms with van der Waals surface area (Å²) in [5.41, 5.74) is 9.62. The molecule has 0 saturated carbocycles. The molecule has 0 aliphatic rings. The molecule has 10 nitrogen and oxygen atoms in total. The van der Waals surface area contributed by atoms with Crippen molar-refractivity contribution in [1.82, 2.24) is 25.1 Å². The topological polar surface area (TPSA) is 155 Å². The molecule has 0 saturated heterocycles. The fraction of sp³-hybridized carbons (Fsp3) is 0.208. The fourth-order valence-electron chi connectivity index (χ4n) is 3.42. The third kappa shape index (κ3) is 5.02. The highest BCUT2D eigenvalue weighted by Gasteiger charge is 2.18. The molecule has 1 amide bonds. The normalized spacial score (nSPS) is 11.3. The molecule has 0 bridgehead atoms. The number of carbonyl (C=O) groups excluding carboxylic acids is 1. The van der Waals surface area contributed by atoms with Crippen molar-refractivity contribution in [2.24, 2.45) is 0 Å². The predicted molar refractivity (Wildman–Crippen MR) is 131 cm³/mol. The molecule has 0 unspecified atom stereocenters. The van der Waals surface area contributed by atoms with Gasteiger partial charge in [0, 0.05) is 28.6 Å². The van der Waals surface area contributed by atoms with Crippen LogP contribution in [0, 0.1) is 0 Å². The van der Waals surface area contributed by atoms with E-state index < -0.39 is 0 Å². The van der Waals surface area contributed by atoms with E-state index in [1.807, 2.05) is 12.1 Å². The lowest BCUT2D eigenvalue weighted by atomic mass is 9.86. The van der Waals surface area contributed by atoms with Gasteiger partial charge in [0.25, 0.3) is 5.91 Å². The van der Waals surface area contributed by atoms with E-state index in [0.29, 0.717) is 28.1 Å². The zero-order valence-electron chi connectivity index (χ0n) is 19.1. The summed E-state index contributed by atoms with van der Waals surface area (Å²) in [5.74, 6) is 0.201. The molecule has 4 aromatic rings. The minimum absolute atomic E-state index is 0.00765. The first kappa shape index (κ1) is 22.9. The van der Waals surface area contributed by atoms with Gasteiger partial charge in [-0.05, 0) is 29.2 Å². The van der Waals surface area contributed by atoms with Gasteiger partial charge < -0.3 is 21.5 Å². The van der Waals surface area contributed by atoms with Crippen LogP contribution in [0.4, 0.5) is 23.3 Å². The first-order valence-corrected chi connectivity index (χ1v) is 10.7. The van der Waals surface area contributed by atoms with Gasteiger partial charge in [-0.3, -0.25) is 9.89 Å². The summed E-state index contributed by atoms with van der Waals surface area (Å²) in [5, 5.41) is 22.6. The third-order valence-electron chi connectivity index (χ3n) is 5.24. The van der Waals surface area contributed by atoms with Crippen molar-refractivity contribution in [3.8, 4) is 11.4 Å². The van der Waals surface area contributed by atoms with Gasteiger partial charge in [0.2, 0.25) is 11.9 Å². The number of aromatic amines is 1. The fourth-order valence-corrected chi connectivity index (χ4v) is 3.42. The van der Waals surface area contributed by atoms with Crippen molar-refractivity contribution in [1.29, 1.82) is 0 Å². The Morgan fingerprint density at radius 3 is 2.50 bits per heavy atom. The number of nitrogens with zero attached hydrogens (tertiary/aromatic N) is 4. The number of nitrogens with one attached hydrogen (secondary N) is 3. The maximum absolute atomic E-state index is 12.9. The average Bonchev–Trinajstić information content (AvgIpc) is 3.31. The van der Waals surface area contributed by atoms with E-state index in [9.17, 15) is 9.90 Å². The van der Waals surface area contributed by atoms with Gasteiger partial charge in [0.15, 0.2) is 5.82 Å². The standard InChI is InChI=1S/C24H26N8O2/c1-24(2,3)15-9-7-14(8-10-15)21(34)29-19-6-4-5-17(18(19)13-33)20-30-22(25)32-23(31-20)28-16-11-26-27-12-16/h4-12,33H,13H2,1-3H3,(H,26,27)(H,29,34)(H3,25,28,30,31,32). The van der Waals surface area contributed by atoms with E-state index >= 15 is 0 Å². The minimum atomic E-state index is -0.342. The van der Waals surface area contributed by atoms with E-state index in [1.165, 1.54) is 0 Å². The summed E-state index contributed by atoms with van der Waals surface area (Å²) < 4.78 is 0. The number of amides is 1. The van der Waals surface area contributed by atoms with Crippen molar-refractivity contribution in [3.63, 3.8) is 0 Å². The second-order valence-corrected chi connectivity index (χ2v) is 8.72. The van der Waals surface area contributed by atoms with Gasteiger partial charge in [-0.2, -0.15) is 20.1 Å². The van der Waals surface area contributed by atoms with Crippen LogP contribution in [0.2, 0.25) is 0 Å². The van der Waals surface area contributed by atoms with Gasteiger partial charge in [-0.15, -0.1) is 0 Å². The van der Waals surface area contributed by atoms with Crippen molar-refractivity contribution in [2.75, 3.05) is 16.4 Å². The smallest absolute Gasteiger partial charge is 0.255 e. The average molecular weight is 459 g/mol. The summed E-state index contributed by atoms with van der Waals surface area (Å²) in [6.07, 6.45) is 3.21. The lowest BCUT2D eigenvalue weighted by Crippen LogP contribution is -2.15. The summed E-state index contributed by atoms with van der Waals surface area (Å²) in [6, 6.07) is 12.7. The first-order chi connectivity index (χ1) is 16.2. The van der Waals surface area contributed by atoms with Crippen LogP contribution in [0.5, 0.6) is 0 Å². The van der Waals surface area contributed by atoms with Gasteiger partial charge in [-0.25, -0.2) is 0 Å². The molecular formula is C24H26N8O2. The Bertz CT molecular complexity index is 1300. The Morgan fingerprint density at radius 2 is 1.85 bits per heavy atom. The van der Waals surface area contributed by atoms with Crippen molar-refractivity contribution >= 4 is 29.2 Å². The molecule has 10 heteroatoms. The number of hydrogen-bond acceptors (Lipinski definition) is 8. The number of nitrogens with two attached hydrogens (primary N) is 1. The molecular weight excluding hydrogens is 432 g/mol. The molecule has 2 aromatic heterocycles. The van der Waals surface area contributed by atoms with Gasteiger partial charge in [0.05, 0.1) is 18.5 Å². The number of aliphatic hydroxyl groups is 1. The number of hydrogen-bond donors (Lipinski definition) is 5. The van der Waals surface area contributed by atoms with Crippen molar-refractivity contribution in [2.45, 2.75) is 32.8 Å². The van der Waals surface area contributed by atoms with Gasteiger partial charge in [-0.1, -0.05) is 45.0 Å². The molecule has 2 heterocycles. The molecule has 0 fully saturated rings. The quantitative estimate of drug-likeness (QED) is 0.293. The number of carbonyl (C=O) groups is 1. The van der Waals surface area contributed by atoms with Gasteiger partial charge in [0.1, 0.15) is 0 Å². The summed E-state index contributed by atoms with van der Waals surface area (Å²) in [6.45, 7) is 6.01. The van der Waals surface area contributed by atoms with E-state index in [-0.39, 0.29) is 35.7 Å². The minimum Gasteiger partial charge on any atom is -0.392 e. The lowest BCUT2D eigenvalue weighted by molar-refractivity contribution is 0.102. The molecule has 6 N–H and O–H groups in total. The Hall–Kier alpha value is -4.31. The lowest BCUT2D eigenvalue weighted by Gasteiger charge is -2.19. The van der Waals surface area contributed by atoms with Crippen LogP contribution >= 0.6 is 0 Å². The Kier molecular flexibility index (Phi) is 6.24. The van der Waals surface area contributed by atoms with Crippen LogP contribution in [-0.2, 0) is 12.0 Å². The predicted octanol–water partition coefficient (Wildman–Crippen LogP) is 3.63. The van der Waals surface area contributed by atoms with Crippen LogP contribution in [0.3, 0.4) is 0 Å². The van der Waals surface area contributed by atoms with E-state index in [4.69, 9.17) is 5.73 Å². The second kappa shape index (κ2) is 9.28. The molecule has 4 rings (SSSR count). The molecule has 2 aromatic carbocycles. The van der Waals surface area contributed by atoms with Crippen molar-refractivity contribution in [3.05, 3.63) is 71.5 Å². The zero-order chi connectivity index (χ0) is 24.3. The maximum Gasteiger partial charge on any atom is 0.255 e. The highest BCUT2D eigenvalue weighted by Crippen LogP contribution is 2.29. The third-order valence-corrected chi connectivity index (χ3v) is 5.24. The highest BCUT2D eigenvalue weighted by molar-refractivity contribution is 6.05. The van der Waals surface area contributed by atoms with Crippen LogP contribution in [0.25, 0.3) is 11.4 Å². The number of H-pyrrole nitrogens is 1. The van der Waals surface area contributed by atoms with Crippen LogP contribution in [0.1, 0.15) is 42.3 Å². The number of anilines is 4. The zero-order valence-corrected chi connectivity index (χ0v) is 19.1. The monoisotopic (exact) mass is 458 g/mol. The van der Waals surface area contributed by atoms with Crippen LogP contribution in [-0.4, -0.2) is 36.2 Å². The molecule has 0 aliphatic heterocycles. The Balaban J connectivity index is 1.63. The van der Waals surface area contributed by atoms with Crippen LogP contribution in [0.15, 0.2) is 54.9 Å². The van der Waals surface area contributed by atoms with E-state index in [1.54, 1.807) is 42.7 Å². The molecule has 0 spiro atoms. The molecule has 0 atom stereocenters. The number of nitrogen functional groups attached to an aromatic ring is 1. The Labute approximate surface area is 196 Å². The highest BCUT2D eigenvalue weighted by atomic mass is 16.3. The second-order valence-electron chi connectivity index (χ2n) is 8.72. The molecule has 0 aliphatic carbocycles. The van der Waals surface area contributed by atoms with Crippen LogP contribution < -0.4 is 16.4 Å². The van der Waals surface area contributed by atoms with Crippen molar-refractivity contribution < 1.29 is 9.90 Å². The molecule has 34 heavy (non-hydrogen) atoms.